The first-order valence-corrected chi connectivity index (χ1v) is 8.06. The number of hydrogen-bond donors (Lipinski definition) is 2. The highest BCUT2D eigenvalue weighted by Gasteiger charge is 2.28. The van der Waals surface area contributed by atoms with E-state index < -0.39 is 0 Å². The molecule has 1 amide bonds. The Bertz CT molecular complexity index is 677. The summed E-state index contributed by atoms with van der Waals surface area (Å²) >= 11 is 0. The molecule has 0 spiro atoms. The Morgan fingerprint density at radius 3 is 3.00 bits per heavy atom. The molecule has 0 radical (unpaired) electrons. The highest BCUT2D eigenvalue weighted by atomic mass is 16.3. The summed E-state index contributed by atoms with van der Waals surface area (Å²) in [6.07, 6.45) is 4.36. The molecule has 4 nitrogen and oxygen atoms in total. The third kappa shape index (κ3) is 2.75. The van der Waals surface area contributed by atoms with Crippen molar-refractivity contribution in [1.82, 2.24) is 9.88 Å². The van der Waals surface area contributed by atoms with Crippen LogP contribution in [0.15, 0.2) is 24.4 Å². The second-order valence-electron chi connectivity index (χ2n) is 6.51. The maximum absolute atomic E-state index is 12.7. The van der Waals surface area contributed by atoms with Gasteiger partial charge in [0.25, 0.3) is 0 Å². The summed E-state index contributed by atoms with van der Waals surface area (Å²) < 4.78 is 0. The molecule has 0 aliphatic carbocycles. The maximum atomic E-state index is 12.7. The topological polar surface area (TPSA) is 56.3 Å². The summed E-state index contributed by atoms with van der Waals surface area (Å²) in [5.41, 5.74) is 3.35. The highest BCUT2D eigenvalue weighted by Crippen LogP contribution is 2.25. The van der Waals surface area contributed by atoms with E-state index in [4.69, 9.17) is 0 Å². The average Bonchev–Trinajstić information content (AvgIpc) is 2.92. The number of likely N-dealkylation sites (tertiary alicyclic amines) is 1. The average molecular weight is 300 g/mol. The van der Waals surface area contributed by atoms with Crippen molar-refractivity contribution in [3.05, 3.63) is 35.5 Å². The number of nitrogens with zero attached hydrogens (tertiary/aromatic N) is 1. The number of nitrogens with one attached hydrogen (secondary N) is 1. The van der Waals surface area contributed by atoms with Crippen LogP contribution in [0.25, 0.3) is 10.9 Å². The van der Waals surface area contributed by atoms with E-state index in [-0.39, 0.29) is 24.5 Å². The van der Waals surface area contributed by atoms with Crippen LogP contribution in [0.4, 0.5) is 0 Å². The molecule has 22 heavy (non-hydrogen) atoms. The number of rotatable bonds is 3. The lowest BCUT2D eigenvalue weighted by Crippen LogP contribution is -2.46. The normalized spacial score (nSPS) is 22.2. The molecule has 0 bridgehead atoms. The van der Waals surface area contributed by atoms with E-state index in [0.717, 1.165) is 23.9 Å². The van der Waals surface area contributed by atoms with Gasteiger partial charge in [0.2, 0.25) is 5.91 Å². The van der Waals surface area contributed by atoms with Crippen LogP contribution in [0.2, 0.25) is 0 Å². The zero-order valence-corrected chi connectivity index (χ0v) is 13.3. The second-order valence-corrected chi connectivity index (χ2v) is 6.51. The van der Waals surface area contributed by atoms with E-state index in [1.54, 1.807) is 0 Å². The van der Waals surface area contributed by atoms with Crippen LogP contribution in [0.3, 0.4) is 0 Å². The van der Waals surface area contributed by atoms with Crippen LogP contribution >= 0.6 is 0 Å². The SMILES string of the molecule is Cc1cccc2[nH]cc(CC(=O)N3CC(CO)CCC3C)c12. The van der Waals surface area contributed by atoms with Crippen LogP contribution in [0.5, 0.6) is 0 Å². The van der Waals surface area contributed by atoms with Crippen molar-refractivity contribution in [1.29, 1.82) is 0 Å². The third-order valence-electron chi connectivity index (χ3n) is 4.90. The Morgan fingerprint density at radius 1 is 1.41 bits per heavy atom. The van der Waals surface area contributed by atoms with Gasteiger partial charge in [-0.15, -0.1) is 0 Å². The number of carbonyl (C=O) groups excluding carboxylic acids is 1. The zero-order valence-electron chi connectivity index (χ0n) is 13.3. The molecular weight excluding hydrogens is 276 g/mol. The third-order valence-corrected chi connectivity index (χ3v) is 4.90. The minimum atomic E-state index is 0.162. The largest absolute Gasteiger partial charge is 0.396 e. The van der Waals surface area contributed by atoms with Crippen molar-refractivity contribution >= 4 is 16.8 Å². The fourth-order valence-electron chi connectivity index (χ4n) is 3.53. The van der Waals surface area contributed by atoms with Gasteiger partial charge in [0.05, 0.1) is 6.42 Å². The first kappa shape index (κ1) is 15.1. The number of hydrogen-bond acceptors (Lipinski definition) is 2. The minimum absolute atomic E-state index is 0.162. The molecule has 0 saturated carbocycles. The molecule has 2 aromatic rings. The maximum Gasteiger partial charge on any atom is 0.227 e. The van der Waals surface area contributed by atoms with Gasteiger partial charge in [0.1, 0.15) is 0 Å². The van der Waals surface area contributed by atoms with Crippen molar-refractivity contribution in [3.8, 4) is 0 Å². The monoisotopic (exact) mass is 300 g/mol. The van der Waals surface area contributed by atoms with Gasteiger partial charge in [-0.1, -0.05) is 12.1 Å². The first-order valence-electron chi connectivity index (χ1n) is 8.06. The standard InChI is InChI=1S/C18H24N2O2/c1-12-4-3-5-16-18(12)15(9-19-16)8-17(22)20-10-14(11-21)7-6-13(20)2/h3-5,9,13-14,19,21H,6-8,10-11H2,1-2H3. The minimum Gasteiger partial charge on any atom is -0.396 e. The summed E-state index contributed by atoms with van der Waals surface area (Å²) in [5.74, 6) is 0.389. The molecule has 4 heteroatoms. The van der Waals surface area contributed by atoms with Gasteiger partial charge in [-0.25, -0.2) is 0 Å². The summed E-state index contributed by atoms with van der Waals surface area (Å²) in [4.78, 5) is 17.9. The number of aliphatic hydroxyl groups excluding tert-OH is 1. The lowest BCUT2D eigenvalue weighted by atomic mass is 9.93. The van der Waals surface area contributed by atoms with Crippen LogP contribution in [0.1, 0.15) is 30.9 Å². The van der Waals surface area contributed by atoms with Crippen LogP contribution in [-0.2, 0) is 11.2 Å². The van der Waals surface area contributed by atoms with Crippen LogP contribution < -0.4 is 0 Å². The fraction of sp³-hybridized carbons (Fsp3) is 0.500. The van der Waals surface area contributed by atoms with E-state index in [2.05, 4.69) is 24.9 Å². The molecule has 1 saturated heterocycles. The fourth-order valence-corrected chi connectivity index (χ4v) is 3.53. The number of aromatic amines is 1. The molecule has 2 unspecified atom stereocenters. The number of amides is 1. The van der Waals surface area contributed by atoms with E-state index in [9.17, 15) is 9.90 Å². The van der Waals surface area contributed by atoms with E-state index in [1.165, 1.54) is 10.9 Å². The number of carbonyl (C=O) groups is 1. The Morgan fingerprint density at radius 2 is 2.23 bits per heavy atom. The van der Waals surface area contributed by atoms with Gasteiger partial charge in [0.15, 0.2) is 0 Å². The summed E-state index contributed by atoms with van der Waals surface area (Å²) in [6.45, 7) is 5.03. The van der Waals surface area contributed by atoms with Gasteiger partial charge in [0, 0.05) is 36.3 Å². The summed E-state index contributed by atoms with van der Waals surface area (Å²) in [7, 11) is 0. The van der Waals surface area contributed by atoms with E-state index in [1.807, 2.05) is 23.2 Å². The van der Waals surface area contributed by atoms with Crippen molar-refractivity contribution in [2.24, 2.45) is 5.92 Å². The molecule has 3 rings (SSSR count). The molecule has 2 heterocycles. The lowest BCUT2D eigenvalue weighted by Gasteiger charge is -2.37. The van der Waals surface area contributed by atoms with E-state index >= 15 is 0 Å². The number of aryl methyl sites for hydroxylation is 1. The van der Waals surface area contributed by atoms with Crippen molar-refractivity contribution in [2.45, 2.75) is 39.2 Å². The quantitative estimate of drug-likeness (QED) is 0.915. The highest BCUT2D eigenvalue weighted by molar-refractivity contribution is 5.91. The zero-order chi connectivity index (χ0) is 15.7. The molecule has 118 valence electrons. The van der Waals surface area contributed by atoms with Crippen LogP contribution in [0, 0.1) is 12.8 Å². The Kier molecular flexibility index (Phi) is 4.21. The predicted octanol–water partition coefficient (Wildman–Crippen LogP) is 2.64. The number of fused-ring (bicyclic) bond motifs is 1. The molecule has 1 aromatic heterocycles. The molecule has 1 aliphatic heterocycles. The number of piperidine rings is 1. The van der Waals surface area contributed by atoms with Crippen molar-refractivity contribution < 1.29 is 9.90 Å². The van der Waals surface area contributed by atoms with E-state index in [0.29, 0.717) is 13.0 Å². The molecule has 2 atom stereocenters. The smallest absolute Gasteiger partial charge is 0.227 e. The van der Waals surface area contributed by atoms with Gasteiger partial charge >= 0.3 is 0 Å². The molecule has 1 aromatic carbocycles. The Hall–Kier alpha value is -1.81. The van der Waals surface area contributed by atoms with Gasteiger partial charge < -0.3 is 15.0 Å². The molecular formula is C18H24N2O2. The van der Waals surface area contributed by atoms with Gasteiger partial charge in [-0.2, -0.15) is 0 Å². The van der Waals surface area contributed by atoms with Gasteiger partial charge in [-0.3, -0.25) is 4.79 Å². The van der Waals surface area contributed by atoms with Crippen molar-refractivity contribution in [2.75, 3.05) is 13.2 Å². The first-order chi connectivity index (χ1) is 10.6. The van der Waals surface area contributed by atoms with Crippen LogP contribution in [-0.4, -0.2) is 40.1 Å². The molecule has 1 aliphatic rings. The number of H-pyrrole nitrogens is 1. The lowest BCUT2D eigenvalue weighted by molar-refractivity contribution is -0.135. The molecule has 2 N–H and O–H groups in total. The second kappa shape index (κ2) is 6.13. The number of benzene rings is 1. The number of aromatic nitrogens is 1. The van der Waals surface area contributed by atoms with Gasteiger partial charge in [-0.05, 0) is 49.8 Å². The Balaban J connectivity index is 1.80. The molecule has 1 fully saturated rings. The predicted molar refractivity (Wildman–Crippen MR) is 87.7 cm³/mol. The summed E-state index contributed by atoms with van der Waals surface area (Å²) in [5, 5.41) is 10.5. The summed E-state index contributed by atoms with van der Waals surface area (Å²) in [6, 6.07) is 6.41. The Labute approximate surface area is 131 Å². The van der Waals surface area contributed by atoms with Crippen molar-refractivity contribution in [3.63, 3.8) is 0 Å². The number of aliphatic hydroxyl groups is 1.